The molecule has 8 heteroatoms. The summed E-state index contributed by atoms with van der Waals surface area (Å²) in [6.45, 7) is 1.99. The van der Waals surface area contributed by atoms with E-state index in [-0.39, 0.29) is 17.2 Å². The molecule has 0 saturated heterocycles. The fourth-order valence-corrected chi connectivity index (χ4v) is 4.28. The van der Waals surface area contributed by atoms with Crippen molar-refractivity contribution in [1.82, 2.24) is 15.0 Å². The Bertz CT molecular complexity index is 1370. The molecular formula is C24H19BrN4O2S. The van der Waals surface area contributed by atoms with E-state index in [1.54, 1.807) is 22.9 Å². The van der Waals surface area contributed by atoms with Gasteiger partial charge in [0.25, 0.3) is 11.5 Å². The molecule has 1 aromatic heterocycles. The minimum Gasteiger partial charge on any atom is -0.272 e. The second-order valence-corrected chi connectivity index (χ2v) is 8.88. The second kappa shape index (κ2) is 9.93. The zero-order chi connectivity index (χ0) is 22.5. The highest BCUT2D eigenvalue weighted by Crippen LogP contribution is 2.21. The van der Waals surface area contributed by atoms with Gasteiger partial charge in [-0.15, -0.1) is 0 Å². The van der Waals surface area contributed by atoms with Gasteiger partial charge in [-0.25, -0.2) is 10.4 Å². The van der Waals surface area contributed by atoms with Gasteiger partial charge in [-0.2, -0.15) is 5.10 Å². The molecule has 0 bridgehead atoms. The van der Waals surface area contributed by atoms with E-state index in [4.69, 9.17) is 0 Å². The minimum atomic E-state index is -0.292. The zero-order valence-electron chi connectivity index (χ0n) is 17.2. The van der Waals surface area contributed by atoms with Crippen molar-refractivity contribution in [3.05, 3.63) is 98.7 Å². The number of aryl methyl sites for hydroxylation is 1. The average Bonchev–Trinajstić information content (AvgIpc) is 2.79. The van der Waals surface area contributed by atoms with Crippen LogP contribution < -0.4 is 11.0 Å². The minimum absolute atomic E-state index is 0.0620. The fourth-order valence-electron chi connectivity index (χ4n) is 3.06. The van der Waals surface area contributed by atoms with Gasteiger partial charge in [0.05, 0.1) is 28.6 Å². The fraction of sp³-hybridized carbons (Fsp3) is 0.0833. The van der Waals surface area contributed by atoms with E-state index in [1.807, 2.05) is 67.6 Å². The molecule has 32 heavy (non-hydrogen) atoms. The van der Waals surface area contributed by atoms with Gasteiger partial charge in [-0.05, 0) is 48.9 Å². The van der Waals surface area contributed by atoms with Crippen molar-refractivity contribution in [2.45, 2.75) is 12.1 Å². The topological polar surface area (TPSA) is 76.3 Å². The third kappa shape index (κ3) is 5.15. The Balaban J connectivity index is 1.56. The smallest absolute Gasteiger partial charge is 0.266 e. The predicted octanol–water partition coefficient (Wildman–Crippen LogP) is 4.70. The SMILES string of the molecule is Cc1ccc(-n2c(SCC(=O)N/N=C/c3cccc(Br)c3)nc3ccccc3c2=O)cc1. The van der Waals surface area contributed by atoms with Crippen LogP contribution in [0.15, 0.2) is 92.3 Å². The Labute approximate surface area is 197 Å². The van der Waals surface area contributed by atoms with Crippen molar-refractivity contribution in [2.24, 2.45) is 5.10 Å². The van der Waals surface area contributed by atoms with E-state index in [1.165, 1.54) is 11.8 Å². The van der Waals surface area contributed by atoms with E-state index < -0.39 is 0 Å². The molecule has 4 aromatic rings. The number of thioether (sulfide) groups is 1. The van der Waals surface area contributed by atoms with Crippen LogP contribution in [-0.2, 0) is 4.79 Å². The number of halogens is 1. The first-order valence-corrected chi connectivity index (χ1v) is 11.6. The van der Waals surface area contributed by atoms with Gasteiger partial charge in [0.15, 0.2) is 5.16 Å². The van der Waals surface area contributed by atoms with Crippen LogP contribution in [-0.4, -0.2) is 27.4 Å². The Morgan fingerprint density at radius 3 is 2.69 bits per heavy atom. The number of aromatic nitrogens is 2. The molecule has 3 aromatic carbocycles. The number of para-hydroxylation sites is 1. The number of nitrogens with zero attached hydrogens (tertiary/aromatic N) is 3. The van der Waals surface area contributed by atoms with Crippen molar-refractivity contribution >= 4 is 50.7 Å². The van der Waals surface area contributed by atoms with E-state index in [0.717, 1.165) is 15.6 Å². The van der Waals surface area contributed by atoms with Crippen molar-refractivity contribution in [1.29, 1.82) is 0 Å². The quantitative estimate of drug-likeness (QED) is 0.178. The van der Waals surface area contributed by atoms with E-state index >= 15 is 0 Å². The molecule has 0 aliphatic rings. The number of hydrogen-bond donors (Lipinski definition) is 1. The third-order valence-electron chi connectivity index (χ3n) is 4.62. The Kier molecular flexibility index (Phi) is 6.82. The average molecular weight is 507 g/mol. The number of hydrazone groups is 1. The number of rotatable bonds is 6. The number of carbonyl (C=O) groups is 1. The molecule has 0 radical (unpaired) electrons. The summed E-state index contributed by atoms with van der Waals surface area (Å²) >= 11 is 4.59. The lowest BCUT2D eigenvalue weighted by Gasteiger charge is -2.13. The van der Waals surface area contributed by atoms with Crippen LogP contribution in [0.1, 0.15) is 11.1 Å². The molecular weight excluding hydrogens is 488 g/mol. The highest BCUT2D eigenvalue weighted by atomic mass is 79.9. The Hall–Kier alpha value is -3.23. The number of hydrogen-bond acceptors (Lipinski definition) is 5. The molecule has 6 nitrogen and oxygen atoms in total. The van der Waals surface area contributed by atoms with Crippen molar-refractivity contribution in [3.8, 4) is 5.69 Å². The maximum absolute atomic E-state index is 13.2. The van der Waals surface area contributed by atoms with Crippen LogP contribution >= 0.6 is 27.7 Å². The number of carbonyl (C=O) groups excluding carboxylic acids is 1. The van der Waals surface area contributed by atoms with Crippen molar-refractivity contribution in [2.75, 3.05) is 5.75 Å². The molecule has 4 rings (SSSR count). The molecule has 160 valence electrons. The van der Waals surface area contributed by atoms with Gasteiger partial charge in [-0.3, -0.25) is 14.2 Å². The molecule has 1 amide bonds. The summed E-state index contributed by atoms with van der Waals surface area (Å²) < 4.78 is 2.48. The lowest BCUT2D eigenvalue weighted by molar-refractivity contribution is -0.118. The second-order valence-electron chi connectivity index (χ2n) is 7.02. The maximum atomic E-state index is 13.2. The molecule has 0 unspecified atom stereocenters. The van der Waals surface area contributed by atoms with Gasteiger partial charge < -0.3 is 0 Å². The van der Waals surface area contributed by atoms with Gasteiger partial charge >= 0.3 is 0 Å². The number of benzene rings is 3. The van der Waals surface area contributed by atoms with Crippen LogP contribution in [0, 0.1) is 6.92 Å². The molecule has 0 fully saturated rings. The number of nitrogens with one attached hydrogen (secondary N) is 1. The first-order chi connectivity index (χ1) is 15.5. The Morgan fingerprint density at radius 2 is 1.91 bits per heavy atom. The zero-order valence-corrected chi connectivity index (χ0v) is 19.6. The first kappa shape index (κ1) is 22.0. The third-order valence-corrected chi connectivity index (χ3v) is 6.05. The lowest BCUT2D eigenvalue weighted by Crippen LogP contribution is -2.24. The standard InChI is InChI=1S/C24H19BrN4O2S/c1-16-9-11-19(12-10-16)29-23(31)20-7-2-3-8-21(20)27-24(29)32-15-22(30)28-26-14-17-5-4-6-18(25)13-17/h2-14H,15H2,1H3,(H,28,30)/b26-14+. The molecule has 0 aliphatic carbocycles. The largest absolute Gasteiger partial charge is 0.272 e. The number of amides is 1. The van der Waals surface area contributed by atoms with Gasteiger partial charge in [-0.1, -0.05) is 69.7 Å². The summed E-state index contributed by atoms with van der Waals surface area (Å²) in [6.07, 6.45) is 1.57. The summed E-state index contributed by atoms with van der Waals surface area (Å²) in [6, 6.07) is 22.4. The first-order valence-electron chi connectivity index (χ1n) is 9.80. The normalized spacial score (nSPS) is 11.2. The van der Waals surface area contributed by atoms with Gasteiger partial charge in [0, 0.05) is 4.47 Å². The Morgan fingerprint density at radius 1 is 1.12 bits per heavy atom. The molecule has 0 spiro atoms. The van der Waals surface area contributed by atoms with Crippen LogP contribution in [0.4, 0.5) is 0 Å². The van der Waals surface area contributed by atoms with E-state index in [2.05, 4.69) is 31.4 Å². The van der Waals surface area contributed by atoms with Crippen molar-refractivity contribution < 1.29 is 4.79 Å². The lowest BCUT2D eigenvalue weighted by atomic mass is 10.2. The van der Waals surface area contributed by atoms with Crippen LogP contribution in [0.5, 0.6) is 0 Å². The summed E-state index contributed by atoms with van der Waals surface area (Å²) in [4.78, 5) is 30.2. The summed E-state index contributed by atoms with van der Waals surface area (Å²) in [7, 11) is 0. The van der Waals surface area contributed by atoms with Gasteiger partial charge in [0.1, 0.15) is 0 Å². The van der Waals surface area contributed by atoms with Crippen LogP contribution in [0.3, 0.4) is 0 Å². The highest BCUT2D eigenvalue weighted by molar-refractivity contribution is 9.10. The number of fused-ring (bicyclic) bond motifs is 1. The summed E-state index contributed by atoms with van der Waals surface area (Å²) in [5.41, 5.74) is 5.59. The monoisotopic (exact) mass is 506 g/mol. The van der Waals surface area contributed by atoms with E-state index in [9.17, 15) is 9.59 Å². The molecule has 1 heterocycles. The summed E-state index contributed by atoms with van der Waals surface area (Å²) in [5, 5.41) is 4.98. The van der Waals surface area contributed by atoms with Crippen molar-refractivity contribution in [3.63, 3.8) is 0 Å². The summed E-state index contributed by atoms with van der Waals surface area (Å²) in [5.74, 6) is -0.231. The highest BCUT2D eigenvalue weighted by Gasteiger charge is 2.14. The molecule has 0 aliphatic heterocycles. The van der Waals surface area contributed by atoms with Gasteiger partial charge in [0.2, 0.25) is 0 Å². The molecule has 0 saturated carbocycles. The van der Waals surface area contributed by atoms with Crippen LogP contribution in [0.25, 0.3) is 16.6 Å². The van der Waals surface area contributed by atoms with E-state index in [0.29, 0.717) is 21.7 Å². The van der Waals surface area contributed by atoms with Crippen LogP contribution in [0.2, 0.25) is 0 Å². The molecule has 1 N–H and O–H groups in total. The maximum Gasteiger partial charge on any atom is 0.266 e. The molecule has 0 atom stereocenters. The predicted molar refractivity (Wildman–Crippen MR) is 133 cm³/mol.